The number of nitrogens with one attached hydrogen (secondary N) is 2. The maximum Gasteiger partial charge on any atom is 0.209 e. The maximum atomic E-state index is 6.20. The Morgan fingerprint density at radius 2 is 1.95 bits per heavy atom. The fourth-order valence-corrected chi connectivity index (χ4v) is 2.71. The lowest BCUT2D eigenvalue weighted by Crippen LogP contribution is -2.50. The van der Waals surface area contributed by atoms with Gasteiger partial charge >= 0.3 is 0 Å². The molecule has 1 heterocycles. The summed E-state index contributed by atoms with van der Waals surface area (Å²) in [4.78, 5) is 4.20. The van der Waals surface area contributed by atoms with Crippen LogP contribution in [0, 0.1) is 0 Å². The van der Waals surface area contributed by atoms with E-state index in [1.165, 1.54) is 11.1 Å². The molecular weight excluding hydrogens is 240 g/mol. The van der Waals surface area contributed by atoms with Gasteiger partial charge in [0.1, 0.15) is 0 Å². The summed E-state index contributed by atoms with van der Waals surface area (Å²) >= 11 is 0. The lowest BCUT2D eigenvalue weighted by Gasteiger charge is -2.22. The first kappa shape index (κ1) is 12.4. The minimum Gasteiger partial charge on any atom is -0.369 e. The molecule has 2 atom stereocenters. The summed E-state index contributed by atoms with van der Waals surface area (Å²) in [5.41, 5.74) is 27.1. The van der Waals surface area contributed by atoms with Crippen molar-refractivity contribution < 1.29 is 0 Å². The van der Waals surface area contributed by atoms with E-state index in [0.29, 0.717) is 12.0 Å². The second-order valence-corrected chi connectivity index (χ2v) is 5.33. The van der Waals surface area contributed by atoms with Crippen molar-refractivity contribution >= 4 is 5.96 Å². The van der Waals surface area contributed by atoms with Gasteiger partial charge < -0.3 is 11.5 Å². The third-order valence-electron chi connectivity index (χ3n) is 3.89. The van der Waals surface area contributed by atoms with E-state index in [1.807, 2.05) is 6.07 Å². The summed E-state index contributed by atoms with van der Waals surface area (Å²) in [5.74, 6) is -0.674. The molecule has 19 heavy (non-hydrogen) atoms. The Bertz CT molecular complexity index is 526. The number of hydrazine groups is 1. The highest BCUT2D eigenvalue weighted by molar-refractivity contribution is 5.79. The predicted octanol–water partition coefficient (Wildman–Crippen LogP) is -0.616. The average molecular weight is 260 g/mol. The van der Waals surface area contributed by atoms with Crippen molar-refractivity contribution in [1.29, 1.82) is 0 Å². The Hall–Kier alpha value is -1.63. The Kier molecular flexibility index (Phi) is 2.93. The molecule has 8 N–H and O–H groups in total. The smallest absolute Gasteiger partial charge is 0.209 e. The highest BCUT2D eigenvalue weighted by atomic mass is 15.6. The van der Waals surface area contributed by atoms with Crippen LogP contribution in [0.15, 0.2) is 23.2 Å². The Labute approximate surface area is 112 Å². The van der Waals surface area contributed by atoms with Crippen LogP contribution in [0.4, 0.5) is 0 Å². The fraction of sp³-hybridized carbons (Fsp3) is 0.462. The molecule has 1 aliphatic heterocycles. The van der Waals surface area contributed by atoms with E-state index in [4.69, 9.17) is 17.2 Å². The van der Waals surface area contributed by atoms with Gasteiger partial charge in [0.25, 0.3) is 0 Å². The normalized spacial score (nSPS) is 30.2. The summed E-state index contributed by atoms with van der Waals surface area (Å²) in [6, 6.07) is 6.54. The molecule has 0 saturated carbocycles. The van der Waals surface area contributed by atoms with Gasteiger partial charge in [-0.15, -0.1) is 0 Å². The number of guanidine groups is 1. The summed E-state index contributed by atoms with van der Waals surface area (Å²) in [6.07, 6.45) is 4.09. The standard InChI is InChI=1S/C13H20N6/c14-11-5-2-8-1-4-10(7-9(8)3-6-11)13(16)17-12(15)18-19-13/h1,4,7,11,19H,2-3,5-6,14,16H2,(H3,15,17,18)/t11-,13?/m0/s1. The molecule has 2 aliphatic rings. The molecule has 0 saturated heterocycles. The van der Waals surface area contributed by atoms with E-state index < -0.39 is 5.79 Å². The van der Waals surface area contributed by atoms with Crippen molar-refractivity contribution in [3.05, 3.63) is 34.9 Å². The molecule has 1 aliphatic carbocycles. The minimum absolute atomic E-state index is 0.294. The van der Waals surface area contributed by atoms with Gasteiger partial charge in [0.2, 0.25) is 11.7 Å². The lowest BCUT2D eigenvalue weighted by molar-refractivity contribution is 0.375. The third kappa shape index (κ3) is 2.30. The molecule has 1 aromatic carbocycles. The van der Waals surface area contributed by atoms with Crippen LogP contribution < -0.4 is 28.1 Å². The van der Waals surface area contributed by atoms with Crippen molar-refractivity contribution in [3.63, 3.8) is 0 Å². The van der Waals surface area contributed by atoms with E-state index in [-0.39, 0.29) is 0 Å². The summed E-state index contributed by atoms with van der Waals surface area (Å²) in [7, 11) is 0. The van der Waals surface area contributed by atoms with E-state index >= 15 is 0 Å². The molecule has 102 valence electrons. The van der Waals surface area contributed by atoms with Gasteiger partial charge in [0.15, 0.2) is 0 Å². The predicted molar refractivity (Wildman–Crippen MR) is 74.8 cm³/mol. The van der Waals surface area contributed by atoms with Gasteiger partial charge in [-0.2, -0.15) is 5.43 Å². The van der Waals surface area contributed by atoms with Gasteiger partial charge in [0.05, 0.1) is 0 Å². The zero-order valence-corrected chi connectivity index (χ0v) is 10.8. The molecule has 6 nitrogen and oxygen atoms in total. The molecule has 1 aromatic rings. The molecule has 0 radical (unpaired) electrons. The first-order chi connectivity index (χ1) is 9.07. The number of nitrogens with two attached hydrogens (primary N) is 3. The van der Waals surface area contributed by atoms with Crippen LogP contribution in [0.25, 0.3) is 0 Å². The largest absolute Gasteiger partial charge is 0.369 e. The summed E-state index contributed by atoms with van der Waals surface area (Å²) < 4.78 is 0. The first-order valence-corrected chi connectivity index (χ1v) is 6.62. The van der Waals surface area contributed by atoms with Crippen LogP contribution in [0.3, 0.4) is 0 Å². The van der Waals surface area contributed by atoms with E-state index in [2.05, 4.69) is 28.0 Å². The van der Waals surface area contributed by atoms with Gasteiger partial charge in [-0.05, 0) is 36.8 Å². The van der Waals surface area contributed by atoms with Crippen LogP contribution in [0.2, 0.25) is 0 Å². The van der Waals surface area contributed by atoms with Crippen molar-refractivity contribution in [2.45, 2.75) is 37.5 Å². The van der Waals surface area contributed by atoms with Gasteiger partial charge in [-0.1, -0.05) is 18.2 Å². The Morgan fingerprint density at radius 3 is 2.63 bits per heavy atom. The number of nitrogens with zero attached hydrogens (tertiary/aromatic N) is 1. The highest BCUT2D eigenvalue weighted by Gasteiger charge is 2.32. The molecule has 0 fully saturated rings. The van der Waals surface area contributed by atoms with Crippen molar-refractivity contribution in [1.82, 2.24) is 10.9 Å². The van der Waals surface area contributed by atoms with Crippen molar-refractivity contribution in [2.24, 2.45) is 22.2 Å². The zero-order valence-electron chi connectivity index (χ0n) is 10.8. The Morgan fingerprint density at radius 1 is 1.21 bits per heavy atom. The average Bonchev–Trinajstić information content (AvgIpc) is 2.64. The van der Waals surface area contributed by atoms with Crippen LogP contribution in [0.5, 0.6) is 0 Å². The number of rotatable bonds is 1. The quantitative estimate of drug-likeness (QED) is 0.432. The third-order valence-corrected chi connectivity index (χ3v) is 3.89. The molecular formula is C13H20N6. The Balaban J connectivity index is 1.94. The molecule has 0 aromatic heterocycles. The number of aryl methyl sites for hydroxylation is 2. The first-order valence-electron chi connectivity index (χ1n) is 6.62. The minimum atomic E-state index is -0.979. The van der Waals surface area contributed by atoms with Crippen LogP contribution in [-0.4, -0.2) is 12.0 Å². The molecule has 0 spiro atoms. The molecule has 0 bridgehead atoms. The van der Waals surface area contributed by atoms with E-state index in [9.17, 15) is 0 Å². The maximum absolute atomic E-state index is 6.20. The second kappa shape index (κ2) is 4.48. The topological polar surface area (TPSA) is 114 Å². The zero-order chi connectivity index (χ0) is 13.5. The number of hydrogen-bond donors (Lipinski definition) is 5. The second-order valence-electron chi connectivity index (χ2n) is 5.33. The van der Waals surface area contributed by atoms with Crippen LogP contribution in [0.1, 0.15) is 29.5 Å². The summed E-state index contributed by atoms with van der Waals surface area (Å²) in [6.45, 7) is 0. The van der Waals surface area contributed by atoms with Gasteiger partial charge in [-0.25, -0.2) is 4.99 Å². The number of aliphatic imine (C=N–C) groups is 1. The van der Waals surface area contributed by atoms with Gasteiger partial charge in [-0.3, -0.25) is 11.2 Å². The monoisotopic (exact) mass is 260 g/mol. The number of benzene rings is 1. The van der Waals surface area contributed by atoms with Crippen LogP contribution in [-0.2, 0) is 18.6 Å². The number of hydrogen-bond acceptors (Lipinski definition) is 6. The molecule has 0 amide bonds. The highest BCUT2D eigenvalue weighted by Crippen LogP contribution is 2.26. The molecule has 3 rings (SSSR count). The van der Waals surface area contributed by atoms with Crippen LogP contribution >= 0.6 is 0 Å². The van der Waals surface area contributed by atoms with Crippen molar-refractivity contribution in [3.8, 4) is 0 Å². The van der Waals surface area contributed by atoms with Crippen molar-refractivity contribution in [2.75, 3.05) is 0 Å². The molecule has 6 heteroatoms. The number of fused-ring (bicyclic) bond motifs is 1. The molecule has 1 unspecified atom stereocenters. The lowest BCUT2D eigenvalue weighted by atomic mass is 9.97. The fourth-order valence-electron chi connectivity index (χ4n) is 2.71. The van der Waals surface area contributed by atoms with E-state index in [1.54, 1.807) is 0 Å². The summed E-state index contributed by atoms with van der Waals surface area (Å²) in [5, 5.41) is 0. The van der Waals surface area contributed by atoms with Gasteiger partial charge in [0, 0.05) is 11.6 Å². The van der Waals surface area contributed by atoms with E-state index in [0.717, 1.165) is 31.2 Å². The SMILES string of the molecule is NC1=NC(N)(c2ccc3c(c2)CC[C@@H](N)CC3)NN1.